The van der Waals surface area contributed by atoms with Gasteiger partial charge < -0.3 is 19.9 Å². The molecule has 0 fully saturated rings. The monoisotopic (exact) mass is 330 g/mol. The molecular formula is C14H16Cl2N2O3. The van der Waals surface area contributed by atoms with E-state index in [0.29, 0.717) is 5.56 Å². The van der Waals surface area contributed by atoms with Crippen LogP contribution in [0, 0.1) is 0 Å². The maximum absolute atomic E-state index is 10.1. The van der Waals surface area contributed by atoms with Gasteiger partial charge in [0.05, 0.1) is 31.7 Å². The highest BCUT2D eigenvalue weighted by molar-refractivity contribution is 6.40. The molecule has 5 nitrogen and oxygen atoms in total. The first-order valence-corrected chi connectivity index (χ1v) is 7.18. The van der Waals surface area contributed by atoms with Gasteiger partial charge in [0.2, 0.25) is 0 Å². The van der Waals surface area contributed by atoms with E-state index in [2.05, 4.69) is 4.98 Å². The molecule has 0 radical (unpaired) electrons. The number of aromatic nitrogens is 2. The predicted octanol–water partition coefficient (Wildman–Crippen LogP) is 2.17. The summed E-state index contributed by atoms with van der Waals surface area (Å²) < 4.78 is 1.52. The minimum Gasteiger partial charge on any atom is -0.392 e. The molecular weight excluding hydrogens is 315 g/mol. The van der Waals surface area contributed by atoms with Gasteiger partial charge in [-0.25, -0.2) is 4.98 Å². The topological polar surface area (TPSA) is 78.5 Å². The second-order valence-corrected chi connectivity index (χ2v) is 5.50. The molecule has 0 spiro atoms. The highest BCUT2D eigenvalue weighted by atomic mass is 35.5. The molecule has 1 aromatic carbocycles. The Kier molecular flexibility index (Phi) is 5.61. The second-order valence-electron chi connectivity index (χ2n) is 4.78. The maximum Gasteiger partial charge on any atom is 0.166 e. The highest BCUT2D eigenvalue weighted by Crippen LogP contribution is 2.23. The third-order valence-electron chi connectivity index (χ3n) is 3.18. The Morgan fingerprint density at radius 2 is 1.81 bits per heavy atom. The quantitative estimate of drug-likeness (QED) is 0.758. The molecule has 0 saturated heterocycles. The Morgan fingerprint density at radius 1 is 1.14 bits per heavy atom. The van der Waals surface area contributed by atoms with Crippen molar-refractivity contribution in [3.8, 4) is 0 Å². The van der Waals surface area contributed by atoms with E-state index < -0.39 is 12.2 Å². The lowest BCUT2D eigenvalue weighted by molar-refractivity contribution is 0.0703. The van der Waals surface area contributed by atoms with Gasteiger partial charge in [-0.3, -0.25) is 0 Å². The standard InChI is InChI=1S/C14H16Cl2N2O3/c15-13-14(16)18(8-17-13)6-11(20)5-12(21)10-3-1-9(7-19)2-4-10/h1-4,8,11-12,19-21H,5-7H2/t11-,12+/m0/s1. The van der Waals surface area contributed by atoms with E-state index in [1.807, 2.05) is 0 Å². The zero-order valence-corrected chi connectivity index (χ0v) is 12.7. The van der Waals surface area contributed by atoms with Gasteiger partial charge in [0, 0.05) is 6.42 Å². The van der Waals surface area contributed by atoms with E-state index in [1.165, 1.54) is 10.9 Å². The summed E-state index contributed by atoms with van der Waals surface area (Å²) in [7, 11) is 0. The number of nitrogens with zero attached hydrogens (tertiary/aromatic N) is 2. The number of aliphatic hydroxyl groups excluding tert-OH is 3. The van der Waals surface area contributed by atoms with Crippen molar-refractivity contribution >= 4 is 23.2 Å². The minimum absolute atomic E-state index is 0.0428. The van der Waals surface area contributed by atoms with Crippen molar-refractivity contribution in [1.82, 2.24) is 9.55 Å². The van der Waals surface area contributed by atoms with Gasteiger partial charge in [-0.2, -0.15) is 0 Å². The third kappa shape index (κ3) is 4.18. The molecule has 0 amide bonds. The van der Waals surface area contributed by atoms with Gasteiger partial charge in [0.1, 0.15) is 5.15 Å². The number of hydrogen-bond donors (Lipinski definition) is 3. The molecule has 0 bridgehead atoms. The van der Waals surface area contributed by atoms with Crippen molar-refractivity contribution in [3.63, 3.8) is 0 Å². The molecule has 0 aliphatic heterocycles. The number of benzene rings is 1. The van der Waals surface area contributed by atoms with Crippen molar-refractivity contribution in [1.29, 1.82) is 0 Å². The third-order valence-corrected chi connectivity index (χ3v) is 3.95. The second kappa shape index (κ2) is 7.24. The van der Waals surface area contributed by atoms with Gasteiger partial charge in [-0.15, -0.1) is 0 Å². The van der Waals surface area contributed by atoms with Crippen molar-refractivity contribution in [2.75, 3.05) is 0 Å². The first kappa shape index (κ1) is 16.3. The molecule has 21 heavy (non-hydrogen) atoms. The lowest BCUT2D eigenvalue weighted by atomic mass is 10.0. The predicted molar refractivity (Wildman–Crippen MR) is 80.2 cm³/mol. The lowest BCUT2D eigenvalue weighted by Crippen LogP contribution is -2.19. The Hall–Kier alpha value is -1.11. The first-order valence-electron chi connectivity index (χ1n) is 6.43. The smallest absolute Gasteiger partial charge is 0.166 e. The van der Waals surface area contributed by atoms with Crippen LogP contribution >= 0.6 is 23.2 Å². The fraction of sp³-hybridized carbons (Fsp3) is 0.357. The van der Waals surface area contributed by atoms with E-state index >= 15 is 0 Å². The molecule has 7 heteroatoms. The van der Waals surface area contributed by atoms with Gasteiger partial charge >= 0.3 is 0 Å². The Labute approximate surface area is 132 Å². The van der Waals surface area contributed by atoms with Crippen LogP contribution in [-0.4, -0.2) is 31.0 Å². The molecule has 1 heterocycles. The van der Waals surface area contributed by atoms with Crippen LogP contribution in [0.2, 0.25) is 10.3 Å². The van der Waals surface area contributed by atoms with Crippen molar-refractivity contribution in [2.24, 2.45) is 0 Å². The van der Waals surface area contributed by atoms with Gasteiger partial charge in [-0.1, -0.05) is 47.5 Å². The number of aliphatic hydroxyl groups is 3. The van der Waals surface area contributed by atoms with Crippen LogP contribution < -0.4 is 0 Å². The van der Waals surface area contributed by atoms with Crippen molar-refractivity contribution in [3.05, 3.63) is 52.0 Å². The zero-order valence-electron chi connectivity index (χ0n) is 11.2. The molecule has 0 saturated carbocycles. The Bertz CT molecular complexity index is 586. The summed E-state index contributed by atoms with van der Waals surface area (Å²) in [6.07, 6.45) is 0.00627. The van der Waals surface area contributed by atoms with Gasteiger partial charge in [-0.05, 0) is 11.1 Å². The summed E-state index contributed by atoms with van der Waals surface area (Å²) in [6, 6.07) is 6.92. The molecule has 2 rings (SSSR count). The highest BCUT2D eigenvalue weighted by Gasteiger charge is 2.16. The maximum atomic E-state index is 10.1. The average molecular weight is 331 g/mol. The number of hydrogen-bond acceptors (Lipinski definition) is 4. The van der Waals surface area contributed by atoms with Crippen molar-refractivity contribution in [2.45, 2.75) is 31.8 Å². The first-order chi connectivity index (χ1) is 10.0. The summed E-state index contributed by atoms with van der Waals surface area (Å²) in [6.45, 7) is 0.156. The largest absolute Gasteiger partial charge is 0.392 e. The lowest BCUT2D eigenvalue weighted by Gasteiger charge is -2.17. The molecule has 0 aliphatic rings. The van der Waals surface area contributed by atoms with E-state index in [0.717, 1.165) is 5.56 Å². The van der Waals surface area contributed by atoms with E-state index in [4.69, 9.17) is 28.3 Å². The van der Waals surface area contributed by atoms with Crippen LogP contribution in [0.25, 0.3) is 0 Å². The van der Waals surface area contributed by atoms with Crippen LogP contribution in [0.15, 0.2) is 30.6 Å². The molecule has 2 atom stereocenters. The normalized spacial score (nSPS) is 14.1. The van der Waals surface area contributed by atoms with E-state index in [1.54, 1.807) is 24.3 Å². The summed E-state index contributed by atoms with van der Waals surface area (Å²) in [5.74, 6) is 0. The SMILES string of the molecule is OCc1ccc([C@H](O)C[C@H](O)Cn2cnc(Cl)c2Cl)cc1. The van der Waals surface area contributed by atoms with Crippen LogP contribution in [0.5, 0.6) is 0 Å². The zero-order chi connectivity index (χ0) is 15.4. The Morgan fingerprint density at radius 3 is 2.33 bits per heavy atom. The minimum atomic E-state index is -0.800. The van der Waals surface area contributed by atoms with Crippen LogP contribution in [-0.2, 0) is 13.2 Å². The molecule has 3 N–H and O–H groups in total. The molecule has 114 valence electrons. The van der Waals surface area contributed by atoms with Crippen LogP contribution in [0.4, 0.5) is 0 Å². The number of rotatable bonds is 6. The molecule has 0 unspecified atom stereocenters. The summed E-state index contributed by atoms with van der Waals surface area (Å²) >= 11 is 11.6. The molecule has 2 aromatic rings. The van der Waals surface area contributed by atoms with Gasteiger partial charge in [0.15, 0.2) is 5.15 Å². The summed E-state index contributed by atoms with van der Waals surface area (Å²) in [4.78, 5) is 3.82. The van der Waals surface area contributed by atoms with Crippen molar-refractivity contribution < 1.29 is 15.3 Å². The fourth-order valence-electron chi connectivity index (χ4n) is 2.01. The number of halogens is 2. The Balaban J connectivity index is 1.94. The number of imidazole rings is 1. The molecule has 0 aliphatic carbocycles. The average Bonchev–Trinajstić information content (AvgIpc) is 2.79. The van der Waals surface area contributed by atoms with Crippen LogP contribution in [0.3, 0.4) is 0 Å². The van der Waals surface area contributed by atoms with Crippen LogP contribution in [0.1, 0.15) is 23.7 Å². The fourth-order valence-corrected chi connectivity index (χ4v) is 2.32. The van der Waals surface area contributed by atoms with Gasteiger partial charge in [0.25, 0.3) is 0 Å². The summed E-state index contributed by atoms with van der Waals surface area (Å²) in [5, 5.41) is 29.5. The molecule has 1 aromatic heterocycles. The van der Waals surface area contributed by atoms with E-state index in [9.17, 15) is 10.2 Å². The van der Waals surface area contributed by atoms with E-state index in [-0.39, 0.29) is 29.9 Å². The summed E-state index contributed by atoms with van der Waals surface area (Å²) in [5.41, 5.74) is 1.45.